The highest BCUT2D eigenvalue weighted by atomic mass is 16.3. The van der Waals surface area contributed by atoms with Crippen LogP contribution < -0.4 is 5.32 Å². The standard InChI is InChI=1S/C12H23N5O2/c1-4-16(3)12(19)10(2)13-8-11-9-17(15-14-11)6-5-7-18/h9-10,13,18H,4-8H2,1-3H3. The van der Waals surface area contributed by atoms with Crippen LogP contribution in [0, 0.1) is 0 Å². The molecule has 1 aromatic heterocycles. The Kier molecular flexibility index (Phi) is 6.44. The normalized spacial score (nSPS) is 12.4. The number of aliphatic hydroxyl groups excluding tert-OH is 1. The molecule has 0 aliphatic rings. The van der Waals surface area contributed by atoms with E-state index < -0.39 is 0 Å². The maximum absolute atomic E-state index is 11.8. The molecule has 0 fully saturated rings. The highest BCUT2D eigenvalue weighted by Crippen LogP contribution is 1.97. The molecule has 0 saturated carbocycles. The second-order valence-electron chi connectivity index (χ2n) is 4.51. The molecule has 1 rings (SSSR count). The van der Waals surface area contributed by atoms with Crippen LogP contribution in [0.2, 0.25) is 0 Å². The molecule has 7 heteroatoms. The first-order valence-corrected chi connectivity index (χ1v) is 6.56. The Morgan fingerprint density at radius 1 is 1.63 bits per heavy atom. The first kappa shape index (κ1) is 15.6. The highest BCUT2D eigenvalue weighted by molar-refractivity contribution is 5.81. The summed E-state index contributed by atoms with van der Waals surface area (Å²) >= 11 is 0. The maximum atomic E-state index is 11.8. The summed E-state index contributed by atoms with van der Waals surface area (Å²) in [7, 11) is 1.78. The van der Waals surface area contributed by atoms with Gasteiger partial charge in [-0.2, -0.15) is 0 Å². The van der Waals surface area contributed by atoms with Gasteiger partial charge in [0.2, 0.25) is 5.91 Å². The quantitative estimate of drug-likeness (QED) is 0.672. The van der Waals surface area contributed by atoms with Crippen molar-refractivity contribution in [2.45, 2.75) is 39.4 Å². The molecule has 1 aromatic rings. The van der Waals surface area contributed by atoms with Gasteiger partial charge in [0.15, 0.2) is 0 Å². The van der Waals surface area contributed by atoms with E-state index in [0.29, 0.717) is 26.1 Å². The van der Waals surface area contributed by atoms with E-state index in [2.05, 4.69) is 15.6 Å². The molecule has 1 heterocycles. The van der Waals surface area contributed by atoms with Crippen LogP contribution in [0.25, 0.3) is 0 Å². The SMILES string of the molecule is CCN(C)C(=O)C(C)NCc1cn(CCCO)nn1. The van der Waals surface area contributed by atoms with Crippen LogP contribution in [0.15, 0.2) is 6.20 Å². The van der Waals surface area contributed by atoms with Gasteiger partial charge in [0.05, 0.1) is 11.7 Å². The van der Waals surface area contributed by atoms with Gasteiger partial charge in [0.1, 0.15) is 0 Å². The van der Waals surface area contributed by atoms with Crippen LogP contribution in [0.4, 0.5) is 0 Å². The first-order chi connectivity index (χ1) is 9.08. The lowest BCUT2D eigenvalue weighted by atomic mass is 10.3. The van der Waals surface area contributed by atoms with E-state index >= 15 is 0 Å². The van der Waals surface area contributed by atoms with Gasteiger partial charge in [0, 0.05) is 39.5 Å². The second kappa shape index (κ2) is 7.85. The zero-order valence-electron chi connectivity index (χ0n) is 11.8. The summed E-state index contributed by atoms with van der Waals surface area (Å²) in [6.07, 6.45) is 2.48. The Morgan fingerprint density at radius 3 is 3.00 bits per heavy atom. The van der Waals surface area contributed by atoms with Crippen LogP contribution in [0.3, 0.4) is 0 Å². The average Bonchev–Trinajstić information content (AvgIpc) is 2.88. The van der Waals surface area contributed by atoms with E-state index in [0.717, 1.165) is 5.69 Å². The van der Waals surface area contributed by atoms with Crippen molar-refractivity contribution >= 4 is 5.91 Å². The Bertz CT molecular complexity index is 393. The number of nitrogens with zero attached hydrogens (tertiary/aromatic N) is 4. The number of aromatic nitrogens is 3. The predicted octanol–water partition coefficient (Wildman–Crippen LogP) is -0.383. The fourth-order valence-electron chi connectivity index (χ4n) is 1.59. The second-order valence-corrected chi connectivity index (χ2v) is 4.51. The number of hydrogen-bond donors (Lipinski definition) is 2. The zero-order chi connectivity index (χ0) is 14.3. The van der Waals surface area contributed by atoms with Gasteiger partial charge in [0.25, 0.3) is 0 Å². The smallest absolute Gasteiger partial charge is 0.239 e. The van der Waals surface area contributed by atoms with Crippen LogP contribution >= 0.6 is 0 Å². The first-order valence-electron chi connectivity index (χ1n) is 6.56. The van der Waals surface area contributed by atoms with Gasteiger partial charge in [-0.3, -0.25) is 9.48 Å². The van der Waals surface area contributed by atoms with Gasteiger partial charge < -0.3 is 15.3 Å². The minimum atomic E-state index is -0.243. The van der Waals surface area contributed by atoms with E-state index in [4.69, 9.17) is 5.11 Å². The number of carbonyl (C=O) groups excluding carboxylic acids is 1. The minimum absolute atomic E-state index is 0.0650. The number of aryl methyl sites for hydroxylation is 1. The summed E-state index contributed by atoms with van der Waals surface area (Å²) in [5.74, 6) is 0.0650. The van der Waals surface area contributed by atoms with E-state index in [1.165, 1.54) is 0 Å². The molecule has 19 heavy (non-hydrogen) atoms. The summed E-state index contributed by atoms with van der Waals surface area (Å²) in [5, 5.41) is 19.8. The fourth-order valence-corrected chi connectivity index (χ4v) is 1.59. The third-order valence-corrected chi connectivity index (χ3v) is 2.94. The summed E-state index contributed by atoms with van der Waals surface area (Å²) in [6, 6.07) is -0.243. The number of hydrogen-bond acceptors (Lipinski definition) is 5. The van der Waals surface area contributed by atoms with Crippen LogP contribution in [-0.2, 0) is 17.9 Å². The Morgan fingerprint density at radius 2 is 2.37 bits per heavy atom. The largest absolute Gasteiger partial charge is 0.396 e. The van der Waals surface area contributed by atoms with Crippen molar-refractivity contribution in [2.75, 3.05) is 20.2 Å². The van der Waals surface area contributed by atoms with Gasteiger partial charge in [-0.1, -0.05) is 5.21 Å². The lowest BCUT2D eigenvalue weighted by molar-refractivity contribution is -0.131. The summed E-state index contributed by atoms with van der Waals surface area (Å²) in [6.45, 7) is 5.77. The minimum Gasteiger partial charge on any atom is -0.396 e. The monoisotopic (exact) mass is 269 g/mol. The summed E-state index contributed by atoms with van der Waals surface area (Å²) in [4.78, 5) is 13.5. The van der Waals surface area contributed by atoms with Crippen molar-refractivity contribution in [1.82, 2.24) is 25.2 Å². The molecule has 0 aromatic carbocycles. The molecule has 1 atom stereocenters. The molecule has 0 bridgehead atoms. The van der Waals surface area contributed by atoms with E-state index in [-0.39, 0.29) is 18.6 Å². The van der Waals surface area contributed by atoms with Gasteiger partial charge in [-0.25, -0.2) is 0 Å². The van der Waals surface area contributed by atoms with Crippen molar-refractivity contribution in [1.29, 1.82) is 0 Å². The molecular formula is C12H23N5O2. The molecule has 0 radical (unpaired) electrons. The molecular weight excluding hydrogens is 246 g/mol. The third-order valence-electron chi connectivity index (χ3n) is 2.94. The van der Waals surface area contributed by atoms with Crippen molar-refractivity contribution in [3.8, 4) is 0 Å². The average molecular weight is 269 g/mol. The number of rotatable bonds is 8. The number of aliphatic hydroxyl groups is 1. The molecule has 0 aliphatic carbocycles. The van der Waals surface area contributed by atoms with Crippen molar-refractivity contribution in [3.05, 3.63) is 11.9 Å². The predicted molar refractivity (Wildman–Crippen MR) is 71.3 cm³/mol. The molecule has 0 spiro atoms. The van der Waals surface area contributed by atoms with E-state index in [9.17, 15) is 4.79 Å². The van der Waals surface area contributed by atoms with Crippen LogP contribution in [0.1, 0.15) is 26.0 Å². The van der Waals surface area contributed by atoms with Crippen molar-refractivity contribution in [3.63, 3.8) is 0 Å². The lowest BCUT2D eigenvalue weighted by Crippen LogP contribution is -2.42. The fraction of sp³-hybridized carbons (Fsp3) is 0.750. The number of carbonyl (C=O) groups is 1. The van der Waals surface area contributed by atoms with Crippen molar-refractivity contribution in [2.24, 2.45) is 0 Å². The molecule has 2 N–H and O–H groups in total. The highest BCUT2D eigenvalue weighted by Gasteiger charge is 2.15. The summed E-state index contributed by atoms with van der Waals surface area (Å²) < 4.78 is 1.69. The Hall–Kier alpha value is -1.47. The number of amides is 1. The maximum Gasteiger partial charge on any atom is 0.239 e. The zero-order valence-corrected chi connectivity index (χ0v) is 11.8. The molecule has 1 unspecified atom stereocenters. The number of nitrogens with one attached hydrogen (secondary N) is 1. The van der Waals surface area contributed by atoms with Gasteiger partial charge in [-0.05, 0) is 20.3 Å². The Labute approximate surface area is 113 Å². The molecule has 1 amide bonds. The molecule has 108 valence electrons. The van der Waals surface area contributed by atoms with Gasteiger partial charge >= 0.3 is 0 Å². The molecule has 0 saturated heterocycles. The lowest BCUT2D eigenvalue weighted by Gasteiger charge is -2.20. The van der Waals surface area contributed by atoms with E-state index in [1.807, 2.05) is 20.0 Å². The topological polar surface area (TPSA) is 83.3 Å². The van der Waals surface area contributed by atoms with Gasteiger partial charge in [-0.15, -0.1) is 5.10 Å². The van der Waals surface area contributed by atoms with Crippen molar-refractivity contribution < 1.29 is 9.90 Å². The molecule has 7 nitrogen and oxygen atoms in total. The summed E-state index contributed by atoms with van der Waals surface area (Å²) in [5.41, 5.74) is 0.789. The number of likely N-dealkylation sites (N-methyl/N-ethyl adjacent to an activating group) is 1. The van der Waals surface area contributed by atoms with Crippen LogP contribution in [0.5, 0.6) is 0 Å². The Balaban J connectivity index is 2.39. The molecule has 0 aliphatic heterocycles. The van der Waals surface area contributed by atoms with Crippen LogP contribution in [-0.4, -0.2) is 57.1 Å². The third kappa shape index (κ3) is 4.96. The van der Waals surface area contributed by atoms with E-state index in [1.54, 1.807) is 16.6 Å².